The van der Waals surface area contributed by atoms with Gasteiger partial charge < -0.3 is 5.32 Å². The molecule has 2 heterocycles. The van der Waals surface area contributed by atoms with Crippen molar-refractivity contribution < 1.29 is 4.79 Å². The van der Waals surface area contributed by atoms with E-state index in [1.165, 1.54) is 47.9 Å². The minimum absolute atomic E-state index is 0.118. The second-order valence-corrected chi connectivity index (χ2v) is 8.15. The maximum absolute atomic E-state index is 11.9. The quantitative estimate of drug-likeness (QED) is 0.674. The van der Waals surface area contributed by atoms with E-state index in [0.29, 0.717) is 5.75 Å². The average Bonchev–Trinajstić information content (AvgIpc) is 3.29. The molecule has 1 N–H and O–H groups in total. The highest BCUT2D eigenvalue weighted by molar-refractivity contribution is 8.00. The number of nitrogens with zero attached hydrogens (tertiary/aromatic N) is 2. The van der Waals surface area contributed by atoms with Crippen LogP contribution in [0.4, 0.5) is 0 Å². The topological polar surface area (TPSA) is 54.9 Å². The van der Waals surface area contributed by atoms with Crippen LogP contribution in [-0.4, -0.2) is 28.2 Å². The standard InChI is InChI=1S/C16H19N3OS2/c20-13(17-7-10-5-6-10)8-21-15-14-11-3-1-2-4-12(11)22-16(14)19-9-18-15/h9-10H,1-8H2,(H,17,20). The zero-order valence-corrected chi connectivity index (χ0v) is 14.1. The van der Waals surface area contributed by atoms with Crippen molar-refractivity contribution in [2.75, 3.05) is 12.3 Å². The summed E-state index contributed by atoms with van der Waals surface area (Å²) < 4.78 is 0. The van der Waals surface area contributed by atoms with Gasteiger partial charge in [-0.25, -0.2) is 9.97 Å². The zero-order chi connectivity index (χ0) is 14.9. The van der Waals surface area contributed by atoms with Crippen LogP contribution >= 0.6 is 23.1 Å². The van der Waals surface area contributed by atoms with Gasteiger partial charge in [0.1, 0.15) is 16.2 Å². The van der Waals surface area contributed by atoms with E-state index in [4.69, 9.17) is 0 Å². The number of aromatic nitrogens is 2. The molecule has 1 fully saturated rings. The van der Waals surface area contributed by atoms with Crippen molar-refractivity contribution in [1.29, 1.82) is 0 Å². The SMILES string of the molecule is O=C(CSc1ncnc2sc3c(c12)CCCC3)NCC1CC1. The number of fused-ring (bicyclic) bond motifs is 3. The van der Waals surface area contributed by atoms with Crippen molar-refractivity contribution in [2.45, 2.75) is 43.6 Å². The van der Waals surface area contributed by atoms with Gasteiger partial charge in [0, 0.05) is 16.8 Å². The molecule has 0 atom stereocenters. The molecule has 2 aliphatic carbocycles. The summed E-state index contributed by atoms with van der Waals surface area (Å²) in [5.41, 5.74) is 1.44. The lowest BCUT2D eigenvalue weighted by Gasteiger charge is -2.11. The average molecular weight is 333 g/mol. The van der Waals surface area contributed by atoms with E-state index in [2.05, 4.69) is 15.3 Å². The minimum atomic E-state index is 0.118. The molecule has 6 heteroatoms. The van der Waals surface area contributed by atoms with Crippen LogP contribution in [0.1, 0.15) is 36.1 Å². The van der Waals surface area contributed by atoms with Crippen LogP contribution in [0.3, 0.4) is 0 Å². The summed E-state index contributed by atoms with van der Waals surface area (Å²) in [6.45, 7) is 0.840. The van der Waals surface area contributed by atoms with Gasteiger partial charge in [0.15, 0.2) is 0 Å². The predicted molar refractivity (Wildman–Crippen MR) is 90.5 cm³/mol. The third-order valence-corrected chi connectivity index (χ3v) is 6.53. The smallest absolute Gasteiger partial charge is 0.230 e. The molecule has 0 bridgehead atoms. The number of carbonyl (C=O) groups is 1. The fourth-order valence-electron chi connectivity index (χ4n) is 2.94. The normalized spacial score (nSPS) is 17.5. The molecule has 0 aliphatic heterocycles. The van der Waals surface area contributed by atoms with Gasteiger partial charge >= 0.3 is 0 Å². The van der Waals surface area contributed by atoms with Gasteiger partial charge in [-0.05, 0) is 50.0 Å². The van der Waals surface area contributed by atoms with E-state index >= 15 is 0 Å². The number of rotatable bonds is 5. The van der Waals surface area contributed by atoms with Crippen LogP contribution in [0.5, 0.6) is 0 Å². The zero-order valence-electron chi connectivity index (χ0n) is 12.4. The van der Waals surface area contributed by atoms with Gasteiger partial charge in [-0.2, -0.15) is 0 Å². The first-order valence-corrected chi connectivity index (χ1v) is 9.76. The van der Waals surface area contributed by atoms with E-state index in [-0.39, 0.29) is 5.91 Å². The van der Waals surface area contributed by atoms with Gasteiger partial charge in [0.25, 0.3) is 0 Å². The third-order valence-electron chi connectivity index (χ3n) is 4.34. The highest BCUT2D eigenvalue weighted by atomic mass is 32.2. The number of aryl methyl sites for hydroxylation is 2. The Morgan fingerprint density at radius 1 is 1.32 bits per heavy atom. The van der Waals surface area contributed by atoms with Crippen molar-refractivity contribution in [1.82, 2.24) is 15.3 Å². The lowest BCUT2D eigenvalue weighted by molar-refractivity contribution is -0.118. The Hall–Kier alpha value is -1.14. The van der Waals surface area contributed by atoms with Crippen molar-refractivity contribution in [2.24, 2.45) is 5.92 Å². The largest absolute Gasteiger partial charge is 0.355 e. The number of hydrogen-bond acceptors (Lipinski definition) is 5. The molecule has 2 aromatic rings. The van der Waals surface area contributed by atoms with E-state index in [1.807, 2.05) is 0 Å². The maximum Gasteiger partial charge on any atom is 0.230 e. The third kappa shape index (κ3) is 2.99. The number of amides is 1. The van der Waals surface area contributed by atoms with Crippen LogP contribution in [0.2, 0.25) is 0 Å². The molecule has 22 heavy (non-hydrogen) atoms. The van der Waals surface area contributed by atoms with Crippen molar-refractivity contribution in [3.8, 4) is 0 Å². The summed E-state index contributed by atoms with van der Waals surface area (Å²) in [6, 6.07) is 0. The van der Waals surface area contributed by atoms with Crippen molar-refractivity contribution in [3.05, 3.63) is 16.8 Å². The Morgan fingerprint density at radius 2 is 2.18 bits per heavy atom. The first-order chi connectivity index (χ1) is 10.8. The Kier molecular flexibility index (Phi) is 4.05. The molecule has 0 aromatic carbocycles. The minimum Gasteiger partial charge on any atom is -0.355 e. The second-order valence-electron chi connectivity index (χ2n) is 6.11. The first kappa shape index (κ1) is 14.5. The summed E-state index contributed by atoms with van der Waals surface area (Å²) in [5, 5.41) is 5.21. The Labute approximate surface area is 138 Å². The van der Waals surface area contributed by atoms with E-state index < -0.39 is 0 Å². The fraction of sp³-hybridized carbons (Fsp3) is 0.562. The molecule has 4 nitrogen and oxygen atoms in total. The Balaban J connectivity index is 1.50. The lowest BCUT2D eigenvalue weighted by atomic mass is 9.97. The number of thioether (sulfide) groups is 1. The van der Waals surface area contributed by atoms with Gasteiger partial charge in [0.2, 0.25) is 5.91 Å². The predicted octanol–water partition coefficient (Wildman–Crippen LogP) is 3.19. The number of carbonyl (C=O) groups excluding carboxylic acids is 1. The molecule has 0 radical (unpaired) electrons. The Bertz CT molecular complexity index is 709. The van der Waals surface area contributed by atoms with Crippen LogP contribution in [0.15, 0.2) is 11.4 Å². The monoisotopic (exact) mass is 333 g/mol. The number of nitrogens with one attached hydrogen (secondary N) is 1. The summed E-state index contributed by atoms with van der Waals surface area (Å²) in [4.78, 5) is 23.4. The summed E-state index contributed by atoms with van der Waals surface area (Å²) in [7, 11) is 0. The molecule has 4 rings (SSSR count). The van der Waals surface area contributed by atoms with Crippen LogP contribution in [0.25, 0.3) is 10.2 Å². The van der Waals surface area contributed by atoms with Crippen LogP contribution < -0.4 is 5.32 Å². The molecule has 0 spiro atoms. The summed E-state index contributed by atoms with van der Waals surface area (Å²) >= 11 is 3.36. The summed E-state index contributed by atoms with van der Waals surface area (Å²) in [5.74, 6) is 1.29. The fourth-order valence-corrected chi connectivity index (χ4v) is 5.09. The lowest BCUT2D eigenvalue weighted by Crippen LogP contribution is -2.27. The molecular formula is C16H19N3OS2. The van der Waals surface area contributed by atoms with E-state index in [0.717, 1.165) is 28.7 Å². The first-order valence-electron chi connectivity index (χ1n) is 7.96. The van der Waals surface area contributed by atoms with Gasteiger partial charge in [-0.3, -0.25) is 4.79 Å². The number of thiophene rings is 1. The Morgan fingerprint density at radius 3 is 3.05 bits per heavy atom. The molecule has 1 saturated carbocycles. The van der Waals surface area contributed by atoms with Crippen molar-refractivity contribution >= 4 is 39.2 Å². The molecular weight excluding hydrogens is 314 g/mol. The molecule has 0 saturated heterocycles. The van der Waals surface area contributed by atoms with Crippen molar-refractivity contribution in [3.63, 3.8) is 0 Å². The molecule has 2 aromatic heterocycles. The molecule has 116 valence electrons. The van der Waals surface area contributed by atoms with E-state index in [1.54, 1.807) is 29.4 Å². The summed E-state index contributed by atoms with van der Waals surface area (Å²) in [6.07, 6.45) is 8.99. The van der Waals surface area contributed by atoms with E-state index in [9.17, 15) is 4.79 Å². The maximum atomic E-state index is 11.9. The van der Waals surface area contributed by atoms with Gasteiger partial charge in [-0.15, -0.1) is 11.3 Å². The van der Waals surface area contributed by atoms with Gasteiger partial charge in [0.05, 0.1) is 5.75 Å². The van der Waals surface area contributed by atoms with Crippen LogP contribution in [0, 0.1) is 5.92 Å². The highest BCUT2D eigenvalue weighted by Crippen LogP contribution is 2.39. The molecule has 1 amide bonds. The van der Waals surface area contributed by atoms with Crippen LogP contribution in [-0.2, 0) is 17.6 Å². The molecule has 0 unspecified atom stereocenters. The number of hydrogen-bond donors (Lipinski definition) is 1. The molecule has 2 aliphatic rings. The second kappa shape index (κ2) is 6.16. The van der Waals surface area contributed by atoms with Gasteiger partial charge in [-0.1, -0.05) is 11.8 Å². The highest BCUT2D eigenvalue weighted by Gasteiger charge is 2.22.